The zero-order valence-corrected chi connectivity index (χ0v) is 38.1. The molecule has 1 saturated heterocycles. The summed E-state index contributed by atoms with van der Waals surface area (Å²) < 4.78 is 128. The monoisotopic (exact) mass is 982 g/mol. The Balaban J connectivity index is 0.000000304. The number of hydrogen-bond donors (Lipinski definition) is 1. The van der Waals surface area contributed by atoms with Crippen molar-refractivity contribution >= 4 is 66.0 Å². The molecule has 1 aliphatic rings. The third kappa shape index (κ3) is 17.0. The van der Waals surface area contributed by atoms with Gasteiger partial charge in [0.2, 0.25) is 0 Å². The van der Waals surface area contributed by atoms with Gasteiger partial charge in [-0.15, -0.1) is 0 Å². The van der Waals surface area contributed by atoms with E-state index in [1.54, 1.807) is 7.11 Å². The highest BCUT2D eigenvalue weighted by molar-refractivity contribution is 6.76. The molecule has 1 aliphatic heterocycles. The summed E-state index contributed by atoms with van der Waals surface area (Å²) in [6.45, 7) is 15.8. The molecule has 0 radical (unpaired) electrons. The molecule has 0 amide bonds. The van der Waals surface area contributed by atoms with Crippen LogP contribution < -0.4 is 0 Å². The van der Waals surface area contributed by atoms with Crippen LogP contribution in [0.15, 0.2) is 79.4 Å². The molecule has 0 aromatic heterocycles. The van der Waals surface area contributed by atoms with Gasteiger partial charge in [0.05, 0.1) is 30.4 Å². The second-order valence-electron chi connectivity index (χ2n) is 15.4. The molecule has 0 bridgehead atoms. The van der Waals surface area contributed by atoms with Crippen molar-refractivity contribution in [3.05, 3.63) is 145 Å². The molecular formula is C42H44Cl4F10N2O3Si. The maximum atomic E-state index is 14.4. The third-order valence-electron chi connectivity index (χ3n) is 8.83. The van der Waals surface area contributed by atoms with Gasteiger partial charge in [-0.05, 0) is 48.0 Å². The minimum absolute atomic E-state index is 0.130. The number of methoxy groups -OCH3 is 1. The summed E-state index contributed by atoms with van der Waals surface area (Å²) in [5.74, 6) is -7.19. The van der Waals surface area contributed by atoms with Gasteiger partial charge < -0.3 is 9.84 Å². The predicted octanol–water partition coefficient (Wildman–Crippen LogP) is 13.9. The molecule has 62 heavy (non-hydrogen) atoms. The number of allylic oxidation sites excluding steroid dienone is 1. The van der Waals surface area contributed by atoms with Gasteiger partial charge in [-0.2, -0.15) is 26.3 Å². The smallest absolute Gasteiger partial charge is 0.475 e. The van der Waals surface area contributed by atoms with Crippen molar-refractivity contribution in [2.24, 2.45) is 0 Å². The van der Waals surface area contributed by atoms with Crippen molar-refractivity contribution < 1.29 is 58.5 Å². The number of benzene rings is 4. The molecule has 1 atom stereocenters. The number of alkyl halides is 6. The first-order chi connectivity index (χ1) is 28.5. The Bertz CT molecular complexity index is 2110. The molecular weight excluding hydrogens is 940 g/mol. The number of rotatable bonds is 10. The molecule has 5 rings (SSSR count). The van der Waals surface area contributed by atoms with Gasteiger partial charge in [0, 0.05) is 37.7 Å². The van der Waals surface area contributed by atoms with Gasteiger partial charge in [0.1, 0.15) is 15.9 Å². The molecule has 1 heterocycles. The van der Waals surface area contributed by atoms with Crippen molar-refractivity contribution in [1.29, 1.82) is 0 Å². The summed E-state index contributed by atoms with van der Waals surface area (Å²) in [7, 11) is 0.701. The molecule has 1 unspecified atom stereocenters. The van der Waals surface area contributed by atoms with Crippen LogP contribution in [-0.2, 0) is 28.0 Å². The van der Waals surface area contributed by atoms with Gasteiger partial charge in [0.25, 0.3) is 0 Å². The van der Waals surface area contributed by atoms with E-state index < -0.39 is 81.3 Å². The van der Waals surface area contributed by atoms with Crippen molar-refractivity contribution in [2.45, 2.75) is 63.8 Å². The number of carboxylic acids is 1. The van der Waals surface area contributed by atoms with Crippen molar-refractivity contribution in [3.8, 4) is 0 Å². The van der Waals surface area contributed by atoms with Crippen LogP contribution in [0.5, 0.6) is 0 Å². The molecule has 1 fully saturated rings. The van der Waals surface area contributed by atoms with Crippen LogP contribution in [0.4, 0.5) is 43.9 Å². The Morgan fingerprint density at radius 2 is 1.27 bits per heavy atom. The van der Waals surface area contributed by atoms with Gasteiger partial charge in [-0.3, -0.25) is 9.80 Å². The minimum Gasteiger partial charge on any atom is -0.475 e. The molecule has 4 aromatic rings. The van der Waals surface area contributed by atoms with E-state index in [2.05, 4.69) is 78.5 Å². The van der Waals surface area contributed by atoms with Crippen LogP contribution in [0.25, 0.3) is 5.57 Å². The molecule has 0 saturated carbocycles. The van der Waals surface area contributed by atoms with E-state index >= 15 is 0 Å². The lowest BCUT2D eigenvalue weighted by Gasteiger charge is -2.28. The zero-order chi connectivity index (χ0) is 47.4. The maximum Gasteiger partial charge on any atom is 0.490 e. The van der Waals surface area contributed by atoms with Crippen LogP contribution in [0.3, 0.4) is 0 Å². The van der Waals surface area contributed by atoms with Crippen LogP contribution in [0.2, 0.25) is 39.7 Å². The number of ether oxygens (including phenoxy) is 1. The highest BCUT2D eigenvalue weighted by atomic mass is 35.5. The van der Waals surface area contributed by atoms with Gasteiger partial charge >= 0.3 is 18.3 Å². The Morgan fingerprint density at radius 1 is 0.806 bits per heavy atom. The van der Waals surface area contributed by atoms with Gasteiger partial charge in [-0.1, -0.05) is 140 Å². The summed E-state index contributed by atoms with van der Waals surface area (Å²) in [5, 5.41) is 4.68. The Labute approximate surface area is 374 Å². The van der Waals surface area contributed by atoms with E-state index in [0.717, 1.165) is 32.8 Å². The van der Waals surface area contributed by atoms with E-state index in [-0.39, 0.29) is 5.02 Å². The summed E-state index contributed by atoms with van der Waals surface area (Å²) >= 11 is 22.0. The van der Waals surface area contributed by atoms with Crippen molar-refractivity contribution in [1.82, 2.24) is 9.80 Å². The summed E-state index contributed by atoms with van der Waals surface area (Å²) in [6.07, 6.45) is -7.98. The molecule has 20 heteroatoms. The molecule has 5 nitrogen and oxygen atoms in total. The molecule has 0 spiro atoms. The topological polar surface area (TPSA) is 53.0 Å². The maximum absolute atomic E-state index is 14.4. The molecule has 1 N–H and O–H groups in total. The highest BCUT2D eigenvalue weighted by Crippen LogP contribution is 2.41. The average Bonchev–Trinajstić information content (AvgIpc) is 3.56. The third-order valence-corrected chi connectivity index (χ3v) is 11.4. The predicted molar refractivity (Wildman–Crippen MR) is 227 cm³/mol. The van der Waals surface area contributed by atoms with E-state index in [9.17, 15) is 43.9 Å². The normalized spacial score (nSPS) is 15.5. The quantitative estimate of drug-likeness (QED) is 0.0564. The van der Waals surface area contributed by atoms with Crippen LogP contribution >= 0.6 is 46.4 Å². The summed E-state index contributed by atoms with van der Waals surface area (Å²) in [4.78, 5) is 13.6. The zero-order valence-electron chi connectivity index (χ0n) is 34.0. The van der Waals surface area contributed by atoms with E-state index in [1.807, 2.05) is 25.1 Å². The lowest BCUT2D eigenvalue weighted by molar-refractivity contribution is -0.192. The first-order valence-corrected chi connectivity index (χ1v) is 23.5. The first-order valence-electron chi connectivity index (χ1n) is 18.3. The van der Waals surface area contributed by atoms with Crippen LogP contribution in [0, 0.1) is 23.3 Å². The summed E-state index contributed by atoms with van der Waals surface area (Å²) in [6, 6.07) is 22.6. The minimum atomic E-state index is -5.08. The van der Waals surface area contributed by atoms with Gasteiger partial charge in [-0.25, -0.2) is 22.4 Å². The van der Waals surface area contributed by atoms with Gasteiger partial charge in [0.15, 0.2) is 17.5 Å². The highest BCUT2D eigenvalue weighted by Gasteiger charge is 2.40. The fraction of sp³-hybridized carbons (Fsp3) is 0.357. The fourth-order valence-electron chi connectivity index (χ4n) is 6.05. The molecule has 0 aliphatic carbocycles. The Hall–Kier alpha value is -3.35. The SMILES string of the molecule is C=C(c1cc(Cl)c(F)c(Cl)c1F)C(F)(F)F.CC1(c2cc(Cl)c(F)c(Cl)c2F)CCN(Cc2ccccc2)C1.COCN(Cc1ccccc1)C[Si](C)(C)C.O=C(O)C(F)(F)F. The Morgan fingerprint density at radius 3 is 1.73 bits per heavy atom. The lowest BCUT2D eigenvalue weighted by Crippen LogP contribution is -2.40. The van der Waals surface area contributed by atoms with Crippen LogP contribution in [-0.4, -0.2) is 74.4 Å². The number of nitrogens with zero attached hydrogens (tertiary/aromatic N) is 2. The summed E-state index contributed by atoms with van der Waals surface area (Å²) in [5.41, 5.74) is 0.0900. The lowest BCUT2D eigenvalue weighted by atomic mass is 9.81. The van der Waals surface area contributed by atoms with Crippen LogP contribution in [0.1, 0.15) is 35.6 Å². The number of likely N-dealkylation sites (tertiary alicyclic amines) is 1. The number of hydrogen-bond acceptors (Lipinski definition) is 4. The van der Waals surface area contributed by atoms with Crippen molar-refractivity contribution in [2.75, 3.05) is 33.1 Å². The second kappa shape index (κ2) is 23.5. The molecule has 342 valence electrons. The number of carbonyl (C=O) groups is 1. The number of aliphatic carboxylic acids is 1. The average molecular weight is 985 g/mol. The van der Waals surface area contributed by atoms with E-state index in [1.165, 1.54) is 23.4 Å². The second-order valence-corrected chi connectivity index (χ2v) is 22.4. The van der Waals surface area contributed by atoms with Crippen molar-refractivity contribution in [3.63, 3.8) is 0 Å². The first kappa shape index (κ1) is 54.8. The molecule has 4 aromatic carbocycles. The number of halogens is 14. The van der Waals surface area contributed by atoms with E-state index in [4.69, 9.17) is 61.0 Å². The van der Waals surface area contributed by atoms with E-state index in [0.29, 0.717) is 18.2 Å². The largest absolute Gasteiger partial charge is 0.490 e. The Kier molecular flexibility index (Phi) is 20.8. The fourth-order valence-corrected chi connectivity index (χ4v) is 8.51. The number of carboxylic acid groups (broad SMARTS) is 1. The standard InChI is InChI=1S/C18H17Cl2F2N.C13H23NOSi.C9H3Cl2F5.C2HF3O2/c1-18(13-9-14(19)17(22)15(20)16(13)21)7-8-23(11-18)10-12-5-3-2-4-6-12;1-15-11-14(12-16(2,3)4)10-13-8-6-5-7-9-13;1-3(9(14,15)16)4-2-5(10)8(13)6(11)7(4)12;3-2(4,5)1(6)7/h2-6,9H,7-8,10-11H2,1H3;5-9H,10-12H2,1-4H3;2H,1H2;(H,6,7).